The van der Waals surface area contributed by atoms with Crippen molar-refractivity contribution in [2.75, 3.05) is 25.3 Å². The highest BCUT2D eigenvalue weighted by Crippen LogP contribution is 2.36. The molecular weight excluding hydrogens is 380 g/mol. The Morgan fingerprint density at radius 3 is 2.61 bits per heavy atom. The van der Waals surface area contributed by atoms with E-state index in [2.05, 4.69) is 22.1 Å². The zero-order valence-corrected chi connectivity index (χ0v) is 17.2. The first-order valence-electron chi connectivity index (χ1n) is 8.72. The molecule has 2 aromatic rings. The molecule has 1 unspecified atom stereocenters. The summed E-state index contributed by atoms with van der Waals surface area (Å²) < 4.78 is 37.2. The van der Waals surface area contributed by atoms with Crippen LogP contribution in [0, 0.1) is 6.92 Å². The molecule has 0 saturated carbocycles. The molecule has 0 aliphatic carbocycles. The van der Waals surface area contributed by atoms with Gasteiger partial charge in [-0.15, -0.1) is 10.2 Å². The van der Waals surface area contributed by atoms with Gasteiger partial charge in [-0.3, -0.25) is 4.57 Å². The average molecular weight is 404 g/mol. The lowest BCUT2D eigenvalue weighted by Gasteiger charge is -2.27. The van der Waals surface area contributed by atoms with E-state index in [1.54, 1.807) is 26.4 Å². The van der Waals surface area contributed by atoms with Gasteiger partial charge in [-0.1, -0.05) is 18.7 Å². The van der Waals surface area contributed by atoms with E-state index in [4.69, 9.17) is 9.47 Å². The number of aromatic nitrogens is 3. The molecule has 0 amide bonds. The standard InChI is InChI=1S/C19H24N4O4S/c1-6-7-12(2)15-10-28(24,25)11-18-21-22-19(23(15)18)20-14-9-17(27-5)16(26-4)8-13(14)3/h6-9,15H,1,10-11H2,2-5H3,(H,20,22). The van der Waals surface area contributed by atoms with Crippen molar-refractivity contribution in [1.82, 2.24) is 14.8 Å². The minimum atomic E-state index is -3.26. The van der Waals surface area contributed by atoms with Gasteiger partial charge < -0.3 is 14.8 Å². The lowest BCUT2D eigenvalue weighted by atomic mass is 10.1. The average Bonchev–Trinajstić information content (AvgIpc) is 3.03. The number of fused-ring (bicyclic) bond motifs is 1. The quantitative estimate of drug-likeness (QED) is 0.740. The van der Waals surface area contributed by atoms with Gasteiger partial charge in [0.1, 0.15) is 11.6 Å². The van der Waals surface area contributed by atoms with Crippen molar-refractivity contribution in [3.63, 3.8) is 0 Å². The molecular formula is C19H24N4O4S. The zero-order chi connectivity index (χ0) is 20.5. The lowest BCUT2D eigenvalue weighted by Crippen LogP contribution is -2.30. The number of ether oxygens (including phenoxy) is 2. The number of allylic oxidation sites excluding steroid dienone is 3. The second kappa shape index (κ2) is 7.67. The SMILES string of the molecule is C=CC=C(C)C1CS(=O)(=O)Cc2nnc(Nc3cc(OC)c(OC)cc3C)n21. The number of benzene rings is 1. The Morgan fingerprint density at radius 2 is 1.96 bits per heavy atom. The van der Waals surface area contributed by atoms with Crippen LogP contribution in [0.5, 0.6) is 11.5 Å². The fourth-order valence-electron chi connectivity index (χ4n) is 3.27. The Hall–Kier alpha value is -2.81. The summed E-state index contributed by atoms with van der Waals surface area (Å²) >= 11 is 0. The molecule has 0 radical (unpaired) electrons. The minimum Gasteiger partial charge on any atom is -0.493 e. The largest absolute Gasteiger partial charge is 0.493 e. The Kier molecular flexibility index (Phi) is 5.46. The van der Waals surface area contributed by atoms with E-state index < -0.39 is 15.9 Å². The van der Waals surface area contributed by atoms with Crippen molar-refractivity contribution < 1.29 is 17.9 Å². The van der Waals surface area contributed by atoms with Crippen LogP contribution >= 0.6 is 0 Å². The van der Waals surface area contributed by atoms with Gasteiger partial charge in [0.05, 0.1) is 26.0 Å². The van der Waals surface area contributed by atoms with E-state index in [1.165, 1.54) is 0 Å². The Morgan fingerprint density at radius 1 is 1.29 bits per heavy atom. The molecule has 1 aliphatic rings. The van der Waals surface area contributed by atoms with Crippen molar-refractivity contribution >= 4 is 21.5 Å². The predicted molar refractivity (Wildman–Crippen MR) is 108 cm³/mol. The third-order valence-corrected chi connectivity index (χ3v) is 6.24. The predicted octanol–water partition coefficient (Wildman–Crippen LogP) is 2.95. The summed E-state index contributed by atoms with van der Waals surface area (Å²) in [7, 11) is -0.107. The summed E-state index contributed by atoms with van der Waals surface area (Å²) in [5.41, 5.74) is 2.56. The first-order valence-corrected chi connectivity index (χ1v) is 10.5. The van der Waals surface area contributed by atoms with E-state index in [1.807, 2.05) is 30.5 Å². The van der Waals surface area contributed by atoms with Gasteiger partial charge >= 0.3 is 0 Å². The second-order valence-corrected chi connectivity index (χ2v) is 8.78. The van der Waals surface area contributed by atoms with E-state index in [9.17, 15) is 8.42 Å². The normalized spacial score (nSPS) is 18.3. The third-order valence-electron chi connectivity index (χ3n) is 4.72. The third kappa shape index (κ3) is 3.75. The second-order valence-electron chi connectivity index (χ2n) is 6.67. The molecule has 2 heterocycles. The first-order chi connectivity index (χ1) is 13.3. The summed E-state index contributed by atoms with van der Waals surface area (Å²) in [6.07, 6.45) is 3.45. The number of anilines is 2. The van der Waals surface area contributed by atoms with Crippen molar-refractivity contribution in [1.29, 1.82) is 0 Å². The fourth-order valence-corrected chi connectivity index (χ4v) is 4.87. The highest BCUT2D eigenvalue weighted by Gasteiger charge is 2.34. The maximum atomic E-state index is 12.3. The number of sulfone groups is 1. The molecule has 1 aliphatic heterocycles. The van der Waals surface area contributed by atoms with Gasteiger partial charge in [-0.2, -0.15) is 0 Å². The summed E-state index contributed by atoms with van der Waals surface area (Å²) in [6.45, 7) is 7.52. The number of hydrogen-bond donors (Lipinski definition) is 1. The van der Waals surface area contributed by atoms with E-state index in [0.717, 1.165) is 16.8 Å². The van der Waals surface area contributed by atoms with Gasteiger partial charge in [-0.25, -0.2) is 8.42 Å². The highest BCUT2D eigenvalue weighted by atomic mass is 32.2. The molecule has 150 valence electrons. The number of hydrogen-bond acceptors (Lipinski definition) is 7. The summed E-state index contributed by atoms with van der Waals surface area (Å²) in [5, 5.41) is 11.6. The molecule has 1 aromatic heterocycles. The molecule has 0 saturated heterocycles. The van der Waals surface area contributed by atoms with Crippen LogP contribution in [0.1, 0.15) is 24.4 Å². The Labute approximate surface area is 164 Å². The summed E-state index contributed by atoms with van der Waals surface area (Å²) in [5.74, 6) is 1.95. The van der Waals surface area contributed by atoms with Crippen molar-refractivity contribution in [3.05, 3.63) is 47.8 Å². The van der Waals surface area contributed by atoms with Crippen LogP contribution in [0.4, 0.5) is 11.6 Å². The zero-order valence-electron chi connectivity index (χ0n) is 16.4. The van der Waals surface area contributed by atoms with Crippen molar-refractivity contribution in [3.8, 4) is 11.5 Å². The maximum Gasteiger partial charge on any atom is 0.229 e. The number of aryl methyl sites for hydroxylation is 1. The van der Waals surface area contributed by atoms with Gasteiger partial charge in [0.15, 0.2) is 21.3 Å². The molecule has 8 nitrogen and oxygen atoms in total. The van der Waals surface area contributed by atoms with E-state index in [0.29, 0.717) is 23.3 Å². The molecule has 3 rings (SSSR count). The minimum absolute atomic E-state index is 0.00614. The fraction of sp³-hybridized carbons (Fsp3) is 0.368. The number of methoxy groups -OCH3 is 2. The molecule has 9 heteroatoms. The summed E-state index contributed by atoms with van der Waals surface area (Å²) in [4.78, 5) is 0. The first kappa shape index (κ1) is 19.9. The van der Waals surface area contributed by atoms with Crippen molar-refractivity contribution in [2.45, 2.75) is 25.6 Å². The van der Waals surface area contributed by atoms with Crippen LogP contribution in [0.2, 0.25) is 0 Å². The van der Waals surface area contributed by atoms with Crippen LogP contribution in [-0.2, 0) is 15.6 Å². The van der Waals surface area contributed by atoms with Gasteiger partial charge in [0.25, 0.3) is 0 Å². The van der Waals surface area contributed by atoms with E-state index in [-0.39, 0.29) is 11.5 Å². The molecule has 0 spiro atoms. The molecule has 0 bridgehead atoms. The molecule has 1 atom stereocenters. The van der Waals surface area contributed by atoms with Crippen LogP contribution in [-0.4, -0.2) is 43.2 Å². The molecule has 1 aromatic carbocycles. The van der Waals surface area contributed by atoms with Gasteiger partial charge in [0, 0.05) is 11.8 Å². The number of rotatable bonds is 6. The van der Waals surface area contributed by atoms with Crippen LogP contribution in [0.25, 0.3) is 0 Å². The van der Waals surface area contributed by atoms with Crippen molar-refractivity contribution in [2.24, 2.45) is 0 Å². The van der Waals surface area contributed by atoms with Gasteiger partial charge in [-0.05, 0) is 31.1 Å². The van der Waals surface area contributed by atoms with E-state index >= 15 is 0 Å². The Balaban J connectivity index is 2.06. The number of nitrogens with zero attached hydrogens (tertiary/aromatic N) is 3. The van der Waals surface area contributed by atoms with Crippen LogP contribution < -0.4 is 14.8 Å². The molecule has 1 N–H and O–H groups in total. The Bertz CT molecular complexity index is 1040. The molecule has 28 heavy (non-hydrogen) atoms. The molecule has 0 fully saturated rings. The van der Waals surface area contributed by atoms with Crippen LogP contribution in [0.15, 0.2) is 36.4 Å². The monoisotopic (exact) mass is 404 g/mol. The smallest absolute Gasteiger partial charge is 0.229 e. The topological polar surface area (TPSA) is 95.3 Å². The van der Waals surface area contributed by atoms with Crippen LogP contribution in [0.3, 0.4) is 0 Å². The highest BCUT2D eigenvalue weighted by molar-refractivity contribution is 7.90. The number of nitrogens with one attached hydrogen (secondary N) is 1. The lowest BCUT2D eigenvalue weighted by molar-refractivity contribution is 0.355. The summed E-state index contributed by atoms with van der Waals surface area (Å²) in [6, 6.07) is 3.28. The van der Waals surface area contributed by atoms with Gasteiger partial charge in [0.2, 0.25) is 5.95 Å². The maximum absolute atomic E-state index is 12.3.